The van der Waals surface area contributed by atoms with Crippen LogP contribution in [0.1, 0.15) is 11.5 Å². The molecule has 1 aromatic heterocycles. The lowest BCUT2D eigenvalue weighted by atomic mass is 10.1. The van der Waals surface area contributed by atoms with Gasteiger partial charge in [-0.3, -0.25) is 0 Å². The van der Waals surface area contributed by atoms with Crippen LogP contribution in [0.15, 0.2) is 27.1 Å². The third kappa shape index (κ3) is 1.70. The molecule has 0 atom stereocenters. The first-order valence-corrected chi connectivity index (χ1v) is 5.03. The molecule has 4 heteroatoms. The van der Waals surface area contributed by atoms with Gasteiger partial charge in [-0.1, -0.05) is 15.9 Å². The second-order valence-electron chi connectivity index (χ2n) is 3.09. The van der Waals surface area contributed by atoms with Gasteiger partial charge in [-0.2, -0.15) is 0 Å². The third-order valence-electron chi connectivity index (χ3n) is 1.93. The zero-order valence-corrected chi connectivity index (χ0v) is 9.50. The lowest BCUT2D eigenvalue weighted by molar-refractivity contribution is 0.532. The maximum absolute atomic E-state index is 5.33. The predicted octanol–water partition coefficient (Wildman–Crippen LogP) is 3.12. The van der Waals surface area contributed by atoms with Crippen molar-refractivity contribution in [1.82, 2.24) is 10.2 Å². The average molecular weight is 253 g/mol. The van der Waals surface area contributed by atoms with E-state index >= 15 is 0 Å². The van der Waals surface area contributed by atoms with Crippen molar-refractivity contribution in [3.8, 4) is 11.5 Å². The van der Waals surface area contributed by atoms with Gasteiger partial charge in [-0.25, -0.2) is 0 Å². The van der Waals surface area contributed by atoms with Gasteiger partial charge in [-0.15, -0.1) is 10.2 Å². The number of aromatic nitrogens is 2. The van der Waals surface area contributed by atoms with Gasteiger partial charge in [0.2, 0.25) is 11.8 Å². The molecule has 3 nitrogen and oxygen atoms in total. The summed E-state index contributed by atoms with van der Waals surface area (Å²) in [5.74, 6) is 1.15. The van der Waals surface area contributed by atoms with Crippen molar-refractivity contribution in [1.29, 1.82) is 0 Å². The molecule has 0 aliphatic heterocycles. The minimum atomic E-state index is 0.568. The highest BCUT2D eigenvalue weighted by Gasteiger charge is 2.06. The molecule has 0 unspecified atom stereocenters. The molecule has 0 N–H and O–H groups in total. The fraction of sp³-hybridized carbons (Fsp3) is 0.200. The quantitative estimate of drug-likeness (QED) is 0.783. The van der Waals surface area contributed by atoms with E-state index < -0.39 is 0 Å². The number of halogens is 1. The number of nitrogens with zero attached hydrogens (tertiary/aromatic N) is 2. The van der Waals surface area contributed by atoms with E-state index in [0.717, 1.165) is 15.6 Å². The van der Waals surface area contributed by atoms with Crippen LogP contribution in [0.3, 0.4) is 0 Å². The molecule has 1 aromatic carbocycles. The Kier molecular flexibility index (Phi) is 2.37. The summed E-state index contributed by atoms with van der Waals surface area (Å²) in [4.78, 5) is 0. The van der Waals surface area contributed by atoms with Gasteiger partial charge >= 0.3 is 0 Å². The maximum atomic E-state index is 5.33. The maximum Gasteiger partial charge on any atom is 0.247 e. The zero-order chi connectivity index (χ0) is 10.1. The van der Waals surface area contributed by atoms with Crippen LogP contribution in [0, 0.1) is 13.8 Å². The van der Waals surface area contributed by atoms with E-state index in [1.807, 2.05) is 25.1 Å². The molecule has 2 rings (SSSR count). The number of benzene rings is 1. The Bertz CT molecular complexity index is 465. The van der Waals surface area contributed by atoms with Crippen molar-refractivity contribution in [2.24, 2.45) is 0 Å². The second-order valence-corrected chi connectivity index (χ2v) is 3.94. The Balaban J connectivity index is 2.47. The first kappa shape index (κ1) is 9.40. The number of aryl methyl sites for hydroxylation is 2. The van der Waals surface area contributed by atoms with Crippen LogP contribution in [0.2, 0.25) is 0 Å². The molecule has 2 aromatic rings. The molecule has 0 fully saturated rings. The van der Waals surface area contributed by atoms with E-state index in [2.05, 4.69) is 26.1 Å². The van der Waals surface area contributed by atoms with Crippen LogP contribution in [0.4, 0.5) is 0 Å². The van der Waals surface area contributed by atoms with Crippen molar-refractivity contribution in [2.45, 2.75) is 13.8 Å². The Hall–Kier alpha value is -1.16. The highest BCUT2D eigenvalue weighted by Crippen LogP contribution is 2.23. The fourth-order valence-corrected chi connectivity index (χ4v) is 1.44. The summed E-state index contributed by atoms with van der Waals surface area (Å²) >= 11 is 3.44. The topological polar surface area (TPSA) is 38.9 Å². The molecule has 72 valence electrons. The van der Waals surface area contributed by atoms with Crippen LogP contribution in [0.5, 0.6) is 0 Å². The van der Waals surface area contributed by atoms with E-state index in [4.69, 9.17) is 4.42 Å². The summed E-state index contributed by atoms with van der Waals surface area (Å²) < 4.78 is 6.41. The number of hydrogen-bond donors (Lipinski definition) is 0. The molecule has 0 saturated heterocycles. The molecule has 0 radical (unpaired) electrons. The molecule has 0 aliphatic rings. The van der Waals surface area contributed by atoms with E-state index in [0.29, 0.717) is 11.8 Å². The Morgan fingerprint density at radius 1 is 1.21 bits per heavy atom. The second kappa shape index (κ2) is 3.53. The summed E-state index contributed by atoms with van der Waals surface area (Å²) in [5, 5.41) is 7.74. The van der Waals surface area contributed by atoms with Gasteiger partial charge in [0.15, 0.2) is 0 Å². The summed E-state index contributed by atoms with van der Waals surface area (Å²) in [6.45, 7) is 3.80. The van der Waals surface area contributed by atoms with Gasteiger partial charge in [0.05, 0.1) is 0 Å². The lowest BCUT2D eigenvalue weighted by Gasteiger charge is -1.99. The van der Waals surface area contributed by atoms with Gasteiger partial charge in [-0.05, 0) is 30.7 Å². The molecule has 0 saturated carbocycles. The Labute approximate surface area is 90.3 Å². The van der Waals surface area contributed by atoms with Crippen molar-refractivity contribution < 1.29 is 4.42 Å². The minimum Gasteiger partial charge on any atom is -0.421 e. The van der Waals surface area contributed by atoms with Crippen molar-refractivity contribution in [3.63, 3.8) is 0 Å². The van der Waals surface area contributed by atoms with Crippen LogP contribution in [0.25, 0.3) is 11.5 Å². The molecule has 14 heavy (non-hydrogen) atoms. The van der Waals surface area contributed by atoms with E-state index in [1.165, 1.54) is 0 Å². The van der Waals surface area contributed by atoms with Crippen LogP contribution in [-0.4, -0.2) is 10.2 Å². The van der Waals surface area contributed by atoms with Crippen molar-refractivity contribution in [3.05, 3.63) is 34.1 Å². The summed E-state index contributed by atoms with van der Waals surface area (Å²) in [6.07, 6.45) is 0. The van der Waals surface area contributed by atoms with Crippen LogP contribution >= 0.6 is 15.9 Å². The van der Waals surface area contributed by atoms with E-state index in [1.54, 1.807) is 6.92 Å². The van der Waals surface area contributed by atoms with E-state index in [9.17, 15) is 0 Å². The van der Waals surface area contributed by atoms with Gasteiger partial charge in [0, 0.05) is 17.0 Å². The average Bonchev–Trinajstić information content (AvgIpc) is 2.57. The number of hydrogen-bond acceptors (Lipinski definition) is 3. The monoisotopic (exact) mass is 252 g/mol. The fourth-order valence-electron chi connectivity index (χ4n) is 1.19. The Morgan fingerprint density at radius 3 is 2.57 bits per heavy atom. The largest absolute Gasteiger partial charge is 0.421 e. The number of rotatable bonds is 1. The van der Waals surface area contributed by atoms with Gasteiger partial charge in [0.1, 0.15) is 0 Å². The first-order chi connectivity index (χ1) is 6.66. The highest BCUT2D eigenvalue weighted by molar-refractivity contribution is 9.10. The van der Waals surface area contributed by atoms with Crippen LogP contribution in [-0.2, 0) is 0 Å². The summed E-state index contributed by atoms with van der Waals surface area (Å²) in [7, 11) is 0. The van der Waals surface area contributed by atoms with Crippen molar-refractivity contribution in [2.75, 3.05) is 0 Å². The minimum absolute atomic E-state index is 0.568. The summed E-state index contributed by atoms with van der Waals surface area (Å²) in [5.41, 5.74) is 2.10. The first-order valence-electron chi connectivity index (χ1n) is 4.23. The molecular weight excluding hydrogens is 244 g/mol. The molecule has 1 heterocycles. The van der Waals surface area contributed by atoms with Crippen LogP contribution < -0.4 is 0 Å². The standard InChI is InChI=1S/C10H9BrN2O/c1-6-5-8(3-4-9(6)11)10-13-12-7(2)14-10/h3-5H,1-2H3. The lowest BCUT2D eigenvalue weighted by Crippen LogP contribution is -1.81. The smallest absolute Gasteiger partial charge is 0.247 e. The van der Waals surface area contributed by atoms with E-state index in [-0.39, 0.29) is 0 Å². The zero-order valence-electron chi connectivity index (χ0n) is 7.91. The molecule has 0 spiro atoms. The molecule has 0 aliphatic carbocycles. The normalized spacial score (nSPS) is 10.5. The third-order valence-corrected chi connectivity index (χ3v) is 2.82. The van der Waals surface area contributed by atoms with Gasteiger partial charge in [0.25, 0.3) is 0 Å². The molecule has 0 amide bonds. The van der Waals surface area contributed by atoms with Gasteiger partial charge < -0.3 is 4.42 Å². The predicted molar refractivity (Wildman–Crippen MR) is 56.9 cm³/mol. The summed E-state index contributed by atoms with van der Waals surface area (Å²) in [6, 6.07) is 5.94. The molecular formula is C10H9BrN2O. The SMILES string of the molecule is Cc1nnc(-c2ccc(Br)c(C)c2)o1. The Morgan fingerprint density at radius 2 is 2.00 bits per heavy atom. The highest BCUT2D eigenvalue weighted by atomic mass is 79.9. The molecule has 0 bridgehead atoms. The van der Waals surface area contributed by atoms with Crippen molar-refractivity contribution >= 4 is 15.9 Å².